The fourth-order valence-corrected chi connectivity index (χ4v) is 3.06. The van der Waals surface area contributed by atoms with Crippen LogP contribution in [0.2, 0.25) is 0 Å². The molecule has 0 aliphatic carbocycles. The highest BCUT2D eigenvalue weighted by Crippen LogP contribution is 2.38. The van der Waals surface area contributed by atoms with Crippen LogP contribution in [0.25, 0.3) is 5.57 Å². The number of aryl methyl sites for hydroxylation is 1. The molecule has 0 saturated heterocycles. The molecular formula is C20H18N2O2. The van der Waals surface area contributed by atoms with E-state index in [2.05, 4.69) is 5.32 Å². The van der Waals surface area contributed by atoms with Crippen molar-refractivity contribution >= 4 is 11.5 Å². The highest BCUT2D eigenvalue weighted by atomic mass is 16.3. The predicted molar refractivity (Wildman–Crippen MR) is 91.9 cm³/mol. The van der Waals surface area contributed by atoms with Gasteiger partial charge >= 0.3 is 0 Å². The van der Waals surface area contributed by atoms with Gasteiger partial charge in [0.05, 0.1) is 5.54 Å². The molecule has 1 atom stereocenters. The third-order valence-corrected chi connectivity index (χ3v) is 4.46. The summed E-state index contributed by atoms with van der Waals surface area (Å²) in [4.78, 5) is 12.5. The van der Waals surface area contributed by atoms with Crippen molar-refractivity contribution in [2.24, 2.45) is 0 Å². The van der Waals surface area contributed by atoms with Crippen molar-refractivity contribution in [1.29, 1.82) is 5.26 Å². The lowest BCUT2D eigenvalue weighted by atomic mass is 9.78. The summed E-state index contributed by atoms with van der Waals surface area (Å²) in [5.74, 6) is -0.189. The molecule has 2 N–H and O–H groups in total. The Labute approximate surface area is 141 Å². The van der Waals surface area contributed by atoms with Crippen LogP contribution in [0.15, 0.2) is 54.1 Å². The van der Waals surface area contributed by atoms with E-state index in [0.717, 1.165) is 22.3 Å². The van der Waals surface area contributed by atoms with E-state index in [-0.39, 0.29) is 17.2 Å². The van der Waals surface area contributed by atoms with Crippen molar-refractivity contribution in [1.82, 2.24) is 5.32 Å². The SMILES string of the molecule is Cc1ccc(C2=C(C#N)C(=O)NC(C)(c3ccc(O)cc3)C2)cc1. The summed E-state index contributed by atoms with van der Waals surface area (Å²) in [6, 6.07) is 16.7. The summed E-state index contributed by atoms with van der Waals surface area (Å²) in [6.45, 7) is 3.93. The molecular weight excluding hydrogens is 300 g/mol. The second-order valence-electron chi connectivity index (χ2n) is 6.34. The molecule has 2 aromatic rings. The van der Waals surface area contributed by atoms with Gasteiger partial charge in [0, 0.05) is 6.42 Å². The first-order valence-electron chi connectivity index (χ1n) is 7.75. The van der Waals surface area contributed by atoms with Crippen LogP contribution in [-0.4, -0.2) is 11.0 Å². The van der Waals surface area contributed by atoms with Gasteiger partial charge in [-0.1, -0.05) is 42.0 Å². The highest BCUT2D eigenvalue weighted by Gasteiger charge is 2.37. The molecule has 1 heterocycles. The number of nitrogens with zero attached hydrogens (tertiary/aromatic N) is 1. The zero-order chi connectivity index (χ0) is 17.3. The number of phenols is 1. The zero-order valence-electron chi connectivity index (χ0n) is 13.6. The molecule has 0 bridgehead atoms. The molecule has 0 fully saturated rings. The number of hydrogen-bond acceptors (Lipinski definition) is 3. The van der Waals surface area contributed by atoms with Crippen LogP contribution in [-0.2, 0) is 10.3 Å². The van der Waals surface area contributed by atoms with E-state index in [0.29, 0.717) is 6.42 Å². The van der Waals surface area contributed by atoms with Gasteiger partial charge in [-0.3, -0.25) is 4.79 Å². The molecule has 2 aromatic carbocycles. The van der Waals surface area contributed by atoms with E-state index in [4.69, 9.17) is 0 Å². The average Bonchev–Trinajstić information content (AvgIpc) is 2.55. The van der Waals surface area contributed by atoms with Gasteiger partial charge in [-0.2, -0.15) is 5.26 Å². The summed E-state index contributed by atoms with van der Waals surface area (Å²) in [5, 5.41) is 21.9. The lowest BCUT2D eigenvalue weighted by molar-refractivity contribution is -0.119. The maximum Gasteiger partial charge on any atom is 0.262 e. The molecule has 0 aromatic heterocycles. The van der Waals surface area contributed by atoms with Crippen molar-refractivity contribution in [3.8, 4) is 11.8 Å². The second kappa shape index (κ2) is 5.86. The van der Waals surface area contributed by atoms with Gasteiger partial charge in [0.2, 0.25) is 0 Å². The Kier molecular flexibility index (Phi) is 3.86. The van der Waals surface area contributed by atoms with Crippen molar-refractivity contribution in [3.63, 3.8) is 0 Å². The quantitative estimate of drug-likeness (QED) is 0.891. The molecule has 24 heavy (non-hydrogen) atoms. The van der Waals surface area contributed by atoms with Crippen LogP contribution in [0, 0.1) is 18.3 Å². The third kappa shape index (κ3) is 2.77. The van der Waals surface area contributed by atoms with Gasteiger partial charge in [-0.25, -0.2) is 0 Å². The first-order chi connectivity index (χ1) is 11.4. The van der Waals surface area contributed by atoms with Crippen molar-refractivity contribution < 1.29 is 9.90 Å². The number of aromatic hydroxyl groups is 1. The van der Waals surface area contributed by atoms with Crippen molar-refractivity contribution in [2.75, 3.05) is 0 Å². The summed E-state index contributed by atoms with van der Waals surface area (Å²) >= 11 is 0. The maximum atomic E-state index is 12.5. The smallest absolute Gasteiger partial charge is 0.262 e. The summed E-state index contributed by atoms with van der Waals surface area (Å²) in [7, 11) is 0. The van der Waals surface area contributed by atoms with Gasteiger partial charge in [0.1, 0.15) is 17.4 Å². The summed E-state index contributed by atoms with van der Waals surface area (Å²) in [5.41, 5.74) is 3.17. The Morgan fingerprint density at radius 3 is 2.33 bits per heavy atom. The standard InChI is InChI=1S/C20H18N2O2/c1-13-3-5-14(6-4-13)17-11-20(2,22-19(24)18(17)12-21)15-7-9-16(23)10-8-15/h3-10,23H,11H2,1-2H3,(H,22,24). The number of nitrogens with one attached hydrogen (secondary N) is 1. The fraction of sp³-hybridized carbons (Fsp3) is 0.200. The summed E-state index contributed by atoms with van der Waals surface area (Å²) in [6.07, 6.45) is 0.509. The van der Waals surface area contributed by atoms with Gasteiger partial charge in [-0.15, -0.1) is 0 Å². The minimum absolute atomic E-state index is 0.162. The largest absolute Gasteiger partial charge is 0.508 e. The number of phenolic OH excluding ortho intramolecular Hbond substituents is 1. The van der Waals surface area contributed by atoms with Crippen molar-refractivity contribution in [2.45, 2.75) is 25.8 Å². The molecule has 1 unspecified atom stereocenters. The molecule has 0 spiro atoms. The maximum absolute atomic E-state index is 12.5. The zero-order valence-corrected chi connectivity index (χ0v) is 13.6. The molecule has 1 aliphatic rings. The molecule has 3 rings (SSSR count). The van der Waals surface area contributed by atoms with Gasteiger partial charge < -0.3 is 10.4 Å². The number of amides is 1. The Hall–Kier alpha value is -3.06. The van der Waals surface area contributed by atoms with E-state index >= 15 is 0 Å². The Morgan fingerprint density at radius 1 is 1.12 bits per heavy atom. The molecule has 0 saturated carbocycles. The summed E-state index contributed by atoms with van der Waals surface area (Å²) < 4.78 is 0. The molecule has 120 valence electrons. The van der Waals surface area contributed by atoms with Gasteiger partial charge in [0.15, 0.2) is 0 Å². The number of rotatable bonds is 2. The molecule has 0 radical (unpaired) electrons. The normalized spacial score (nSPS) is 20.5. The van der Waals surface area contributed by atoms with Crippen LogP contribution in [0.3, 0.4) is 0 Å². The minimum Gasteiger partial charge on any atom is -0.508 e. The Morgan fingerprint density at radius 2 is 1.75 bits per heavy atom. The van der Waals surface area contributed by atoms with Crippen LogP contribution in [0.1, 0.15) is 30.0 Å². The predicted octanol–water partition coefficient (Wildman–Crippen LogP) is 3.41. The third-order valence-electron chi connectivity index (χ3n) is 4.46. The Bertz CT molecular complexity index is 858. The lowest BCUT2D eigenvalue weighted by Crippen LogP contribution is -2.47. The minimum atomic E-state index is -0.634. The molecule has 1 amide bonds. The number of nitriles is 1. The first-order valence-corrected chi connectivity index (χ1v) is 7.75. The van der Waals surface area contributed by atoms with Crippen LogP contribution < -0.4 is 5.32 Å². The van der Waals surface area contributed by atoms with Gasteiger partial charge in [0.25, 0.3) is 5.91 Å². The average molecular weight is 318 g/mol. The Balaban J connectivity index is 2.09. The second-order valence-corrected chi connectivity index (χ2v) is 6.34. The van der Waals surface area contributed by atoms with Crippen LogP contribution in [0.5, 0.6) is 5.75 Å². The number of carbonyl (C=O) groups excluding carboxylic acids is 1. The molecule has 4 nitrogen and oxygen atoms in total. The van der Waals surface area contributed by atoms with E-state index in [1.54, 1.807) is 24.3 Å². The van der Waals surface area contributed by atoms with Crippen LogP contribution >= 0.6 is 0 Å². The van der Waals surface area contributed by atoms with Gasteiger partial charge in [-0.05, 0) is 42.7 Å². The van der Waals surface area contributed by atoms with E-state index < -0.39 is 5.54 Å². The van der Waals surface area contributed by atoms with E-state index in [9.17, 15) is 15.2 Å². The van der Waals surface area contributed by atoms with Crippen molar-refractivity contribution in [3.05, 3.63) is 70.8 Å². The highest BCUT2D eigenvalue weighted by molar-refractivity contribution is 6.07. The number of carbonyl (C=O) groups is 1. The lowest BCUT2D eigenvalue weighted by Gasteiger charge is -2.36. The van der Waals surface area contributed by atoms with E-state index in [1.807, 2.05) is 44.2 Å². The number of hydrogen-bond donors (Lipinski definition) is 2. The molecule has 4 heteroatoms. The first kappa shape index (κ1) is 15.8. The van der Waals surface area contributed by atoms with E-state index in [1.165, 1.54) is 0 Å². The molecule has 1 aliphatic heterocycles. The monoisotopic (exact) mass is 318 g/mol. The van der Waals surface area contributed by atoms with Crippen LogP contribution in [0.4, 0.5) is 0 Å². The number of benzene rings is 2. The fourth-order valence-electron chi connectivity index (χ4n) is 3.06. The topological polar surface area (TPSA) is 73.1 Å².